The minimum Gasteiger partial charge on any atom is -0.457 e. The smallest absolute Gasteiger partial charge is 0.266 e. The molecule has 8 heteroatoms. The van der Waals surface area contributed by atoms with E-state index in [9.17, 15) is 18.5 Å². The number of hydrogen-bond acceptors (Lipinski definition) is 5. The van der Waals surface area contributed by atoms with Gasteiger partial charge in [-0.2, -0.15) is 9.57 Å². The summed E-state index contributed by atoms with van der Waals surface area (Å²) in [6.07, 6.45) is 4.07. The zero-order valence-electron chi connectivity index (χ0n) is 16.7. The molecule has 1 saturated heterocycles. The lowest BCUT2D eigenvalue weighted by atomic mass is 10.2. The van der Waals surface area contributed by atoms with Crippen molar-refractivity contribution < 1.29 is 17.6 Å². The van der Waals surface area contributed by atoms with Gasteiger partial charge in [0, 0.05) is 30.2 Å². The molecule has 1 aromatic heterocycles. The number of carbonyl (C=O) groups is 1. The molecule has 0 saturated carbocycles. The van der Waals surface area contributed by atoms with E-state index < -0.39 is 15.9 Å². The quantitative estimate of drug-likeness (QED) is 0.479. The first-order valence-electron chi connectivity index (χ1n) is 9.99. The number of fused-ring (bicyclic) bond motifs is 1. The number of hydrogen-bond donors (Lipinski definition) is 1. The fourth-order valence-electron chi connectivity index (χ4n) is 3.55. The molecular weight excluding hydrogens is 414 g/mol. The lowest BCUT2D eigenvalue weighted by molar-refractivity contribution is -0.112. The summed E-state index contributed by atoms with van der Waals surface area (Å²) < 4.78 is 32.9. The third-order valence-corrected chi connectivity index (χ3v) is 7.04. The van der Waals surface area contributed by atoms with E-state index in [0.29, 0.717) is 30.1 Å². The zero-order chi connectivity index (χ0) is 21.8. The van der Waals surface area contributed by atoms with Gasteiger partial charge in [0.05, 0.1) is 4.90 Å². The summed E-state index contributed by atoms with van der Waals surface area (Å²) in [5, 5.41) is 12.9. The van der Waals surface area contributed by atoms with Crippen LogP contribution in [0.4, 0.5) is 5.69 Å². The third kappa shape index (κ3) is 4.53. The van der Waals surface area contributed by atoms with E-state index in [0.717, 1.165) is 24.6 Å². The SMILES string of the molecule is N#C/C(=C\c1cc2ccccc2o1)C(=O)Nc1cccc(S(=O)(=O)N2CCCCC2)c1. The number of furan rings is 1. The molecule has 1 fully saturated rings. The highest BCUT2D eigenvalue weighted by atomic mass is 32.2. The first kappa shape index (κ1) is 20.8. The lowest BCUT2D eigenvalue weighted by Gasteiger charge is -2.26. The van der Waals surface area contributed by atoms with Gasteiger partial charge in [-0.3, -0.25) is 4.79 Å². The third-order valence-electron chi connectivity index (χ3n) is 5.14. The normalized spacial score (nSPS) is 15.5. The van der Waals surface area contributed by atoms with Crippen molar-refractivity contribution in [2.45, 2.75) is 24.2 Å². The fourth-order valence-corrected chi connectivity index (χ4v) is 5.11. The Balaban J connectivity index is 1.55. The number of carbonyl (C=O) groups excluding carboxylic acids is 1. The summed E-state index contributed by atoms with van der Waals surface area (Å²) in [7, 11) is -3.62. The Morgan fingerprint density at radius 1 is 1.06 bits per heavy atom. The van der Waals surface area contributed by atoms with Gasteiger partial charge in [0.15, 0.2) is 0 Å². The van der Waals surface area contributed by atoms with Gasteiger partial charge in [0.2, 0.25) is 10.0 Å². The molecule has 1 aliphatic rings. The second-order valence-electron chi connectivity index (χ2n) is 7.30. The van der Waals surface area contributed by atoms with Gasteiger partial charge in [-0.1, -0.05) is 30.7 Å². The van der Waals surface area contributed by atoms with Crippen LogP contribution in [0.1, 0.15) is 25.0 Å². The van der Waals surface area contributed by atoms with Gasteiger partial charge < -0.3 is 9.73 Å². The number of nitrogens with zero attached hydrogens (tertiary/aromatic N) is 2. The first-order chi connectivity index (χ1) is 15.0. The Morgan fingerprint density at radius 3 is 2.58 bits per heavy atom. The van der Waals surface area contributed by atoms with Crippen molar-refractivity contribution in [1.82, 2.24) is 4.31 Å². The number of sulfonamides is 1. The second-order valence-corrected chi connectivity index (χ2v) is 9.24. The van der Waals surface area contributed by atoms with Crippen LogP contribution in [-0.4, -0.2) is 31.7 Å². The highest BCUT2D eigenvalue weighted by molar-refractivity contribution is 7.89. The minimum absolute atomic E-state index is 0.118. The Labute approximate surface area is 180 Å². The molecule has 1 N–H and O–H groups in total. The van der Waals surface area contributed by atoms with Crippen LogP contribution >= 0.6 is 0 Å². The standard InChI is InChI=1S/C23H21N3O4S/c24-16-18(14-20-13-17-7-2-3-10-22(17)30-20)23(27)25-19-8-6-9-21(15-19)31(28,29)26-11-4-1-5-12-26/h2-3,6-10,13-15H,1,4-5,11-12H2,(H,25,27)/b18-14+. The number of amides is 1. The van der Waals surface area contributed by atoms with Gasteiger partial charge in [-0.15, -0.1) is 0 Å². The molecule has 158 valence electrons. The molecule has 1 aliphatic heterocycles. The highest BCUT2D eigenvalue weighted by Gasteiger charge is 2.26. The molecule has 4 rings (SSSR count). The fraction of sp³-hybridized carbons (Fsp3) is 0.217. The molecule has 1 amide bonds. The first-order valence-corrected chi connectivity index (χ1v) is 11.4. The van der Waals surface area contributed by atoms with Crippen LogP contribution in [0.25, 0.3) is 17.0 Å². The molecule has 2 aromatic carbocycles. The average Bonchev–Trinajstić information content (AvgIpc) is 3.21. The maximum atomic E-state index is 12.9. The Morgan fingerprint density at radius 2 is 1.84 bits per heavy atom. The van der Waals surface area contributed by atoms with Crippen LogP contribution < -0.4 is 5.32 Å². The van der Waals surface area contributed by atoms with E-state index in [1.165, 1.54) is 22.5 Å². The van der Waals surface area contributed by atoms with Gasteiger partial charge in [-0.25, -0.2) is 8.42 Å². The summed E-state index contributed by atoms with van der Waals surface area (Å²) >= 11 is 0. The molecule has 0 radical (unpaired) electrons. The number of rotatable bonds is 5. The summed E-state index contributed by atoms with van der Waals surface area (Å²) in [5.74, 6) is -0.259. The molecular formula is C23H21N3O4S. The Hall–Kier alpha value is -3.41. The average molecular weight is 436 g/mol. The van der Waals surface area contributed by atoms with Crippen molar-refractivity contribution in [1.29, 1.82) is 5.26 Å². The van der Waals surface area contributed by atoms with Crippen LogP contribution in [0.3, 0.4) is 0 Å². The Kier molecular flexibility index (Phi) is 5.89. The number of nitriles is 1. The van der Waals surface area contributed by atoms with Crippen LogP contribution in [0.2, 0.25) is 0 Å². The minimum atomic E-state index is -3.62. The van der Waals surface area contributed by atoms with Crippen LogP contribution in [0.15, 0.2) is 69.5 Å². The summed E-state index contributed by atoms with van der Waals surface area (Å²) in [4.78, 5) is 12.7. The number of para-hydroxylation sites is 1. The molecule has 0 atom stereocenters. The lowest BCUT2D eigenvalue weighted by Crippen LogP contribution is -2.35. The van der Waals surface area contributed by atoms with Crippen molar-refractivity contribution in [2.24, 2.45) is 0 Å². The van der Waals surface area contributed by atoms with Crippen LogP contribution in [-0.2, 0) is 14.8 Å². The summed E-state index contributed by atoms with van der Waals surface area (Å²) in [6.45, 7) is 0.996. The van der Waals surface area contributed by atoms with E-state index >= 15 is 0 Å². The van der Waals surface area contributed by atoms with E-state index in [-0.39, 0.29) is 10.5 Å². The Bertz CT molecular complexity index is 1260. The van der Waals surface area contributed by atoms with Gasteiger partial charge in [0.1, 0.15) is 23.0 Å². The maximum Gasteiger partial charge on any atom is 0.266 e. The molecule has 2 heterocycles. The van der Waals surface area contributed by atoms with E-state index in [1.54, 1.807) is 24.3 Å². The maximum absolute atomic E-state index is 12.9. The number of nitrogens with one attached hydrogen (secondary N) is 1. The van der Waals surface area contributed by atoms with Crippen molar-refractivity contribution >= 4 is 38.7 Å². The molecule has 3 aromatic rings. The van der Waals surface area contributed by atoms with Crippen LogP contribution in [0, 0.1) is 11.3 Å². The molecule has 31 heavy (non-hydrogen) atoms. The van der Waals surface area contributed by atoms with Gasteiger partial charge in [-0.05, 0) is 43.2 Å². The van der Waals surface area contributed by atoms with Crippen molar-refractivity contribution in [2.75, 3.05) is 18.4 Å². The monoisotopic (exact) mass is 435 g/mol. The predicted octanol–water partition coefficient (Wildman–Crippen LogP) is 4.15. The molecule has 0 aliphatic carbocycles. The zero-order valence-corrected chi connectivity index (χ0v) is 17.6. The molecule has 0 unspecified atom stereocenters. The molecule has 0 spiro atoms. The van der Waals surface area contributed by atoms with Crippen molar-refractivity contribution in [3.63, 3.8) is 0 Å². The largest absolute Gasteiger partial charge is 0.457 e. The van der Waals surface area contributed by atoms with Crippen LogP contribution in [0.5, 0.6) is 0 Å². The highest BCUT2D eigenvalue weighted by Crippen LogP contribution is 2.24. The molecule has 7 nitrogen and oxygen atoms in total. The van der Waals surface area contributed by atoms with E-state index in [4.69, 9.17) is 4.42 Å². The van der Waals surface area contributed by atoms with E-state index in [1.807, 2.05) is 24.3 Å². The summed E-state index contributed by atoms with van der Waals surface area (Å²) in [5.41, 5.74) is 0.805. The number of piperidine rings is 1. The van der Waals surface area contributed by atoms with E-state index in [2.05, 4.69) is 5.32 Å². The van der Waals surface area contributed by atoms with Crippen molar-refractivity contribution in [3.05, 3.63) is 65.9 Å². The topological polar surface area (TPSA) is 103 Å². The van der Waals surface area contributed by atoms with Gasteiger partial charge >= 0.3 is 0 Å². The molecule has 0 bridgehead atoms. The number of anilines is 1. The van der Waals surface area contributed by atoms with Crippen molar-refractivity contribution in [3.8, 4) is 6.07 Å². The number of benzene rings is 2. The van der Waals surface area contributed by atoms with Gasteiger partial charge in [0.25, 0.3) is 5.91 Å². The second kappa shape index (κ2) is 8.76. The summed E-state index contributed by atoms with van der Waals surface area (Å²) in [6, 6.07) is 17.1. The predicted molar refractivity (Wildman–Crippen MR) is 117 cm³/mol.